The third kappa shape index (κ3) is 4.40. The summed E-state index contributed by atoms with van der Waals surface area (Å²) in [6.45, 7) is 0.642. The molecule has 4 nitrogen and oxygen atoms in total. The zero-order valence-electron chi connectivity index (χ0n) is 9.83. The van der Waals surface area contributed by atoms with E-state index in [0.29, 0.717) is 13.0 Å². The second-order valence-electron chi connectivity index (χ2n) is 3.58. The number of benzene rings is 1. The van der Waals surface area contributed by atoms with Crippen molar-refractivity contribution in [3.8, 4) is 5.75 Å². The van der Waals surface area contributed by atoms with Crippen molar-refractivity contribution < 1.29 is 13.9 Å². The summed E-state index contributed by atoms with van der Waals surface area (Å²) in [5, 5.41) is 2.47. The van der Waals surface area contributed by atoms with Crippen molar-refractivity contribution in [3.63, 3.8) is 0 Å². The first-order valence-electron chi connectivity index (χ1n) is 5.49. The highest BCUT2D eigenvalue weighted by atomic mass is 19.1. The molecule has 3 N–H and O–H groups in total. The van der Waals surface area contributed by atoms with Crippen LogP contribution in [0.3, 0.4) is 0 Å². The number of hydrogen-bond donors (Lipinski definition) is 2. The van der Waals surface area contributed by atoms with Gasteiger partial charge in [-0.15, -0.1) is 0 Å². The average molecular weight is 240 g/mol. The van der Waals surface area contributed by atoms with Crippen LogP contribution < -0.4 is 15.8 Å². The Morgan fingerprint density at radius 3 is 2.88 bits per heavy atom. The van der Waals surface area contributed by atoms with Gasteiger partial charge in [0, 0.05) is 7.05 Å². The van der Waals surface area contributed by atoms with Crippen LogP contribution in [0.15, 0.2) is 18.2 Å². The van der Waals surface area contributed by atoms with Crippen LogP contribution in [0.4, 0.5) is 4.39 Å². The van der Waals surface area contributed by atoms with Crippen molar-refractivity contribution in [1.82, 2.24) is 5.32 Å². The Morgan fingerprint density at radius 2 is 2.29 bits per heavy atom. The number of carbonyl (C=O) groups excluding carboxylic acids is 1. The van der Waals surface area contributed by atoms with Gasteiger partial charge in [0.05, 0.1) is 13.0 Å². The lowest BCUT2D eigenvalue weighted by atomic mass is 10.1. The highest BCUT2D eigenvalue weighted by Gasteiger charge is 2.05. The highest BCUT2D eigenvalue weighted by Crippen LogP contribution is 2.18. The number of carbonyl (C=O) groups is 1. The second-order valence-corrected chi connectivity index (χ2v) is 3.58. The largest absolute Gasteiger partial charge is 0.490 e. The highest BCUT2D eigenvalue weighted by molar-refractivity contribution is 5.75. The quantitative estimate of drug-likeness (QED) is 0.774. The van der Waals surface area contributed by atoms with Gasteiger partial charge < -0.3 is 15.8 Å². The summed E-state index contributed by atoms with van der Waals surface area (Å²) in [7, 11) is 1.55. The lowest BCUT2D eigenvalue weighted by Crippen LogP contribution is -2.20. The fraction of sp³-hybridized carbons (Fsp3) is 0.417. The summed E-state index contributed by atoms with van der Waals surface area (Å²) in [5.41, 5.74) is 6.22. The molecule has 0 aliphatic carbocycles. The van der Waals surface area contributed by atoms with E-state index in [1.807, 2.05) is 0 Å². The molecule has 0 fully saturated rings. The molecular weight excluding hydrogens is 223 g/mol. The van der Waals surface area contributed by atoms with E-state index in [0.717, 1.165) is 5.56 Å². The minimum Gasteiger partial charge on any atom is -0.490 e. The molecule has 5 heteroatoms. The molecule has 0 aromatic heterocycles. The SMILES string of the molecule is CNC(=O)CCOc1ccc(CCN)cc1F. The molecule has 0 spiro atoms. The summed E-state index contributed by atoms with van der Waals surface area (Å²) in [4.78, 5) is 10.9. The van der Waals surface area contributed by atoms with Gasteiger partial charge in [-0.3, -0.25) is 4.79 Å². The van der Waals surface area contributed by atoms with E-state index >= 15 is 0 Å². The predicted molar refractivity (Wildman–Crippen MR) is 63.3 cm³/mol. The van der Waals surface area contributed by atoms with Crippen molar-refractivity contribution in [1.29, 1.82) is 0 Å². The zero-order valence-corrected chi connectivity index (χ0v) is 9.83. The van der Waals surface area contributed by atoms with Crippen LogP contribution in [0, 0.1) is 5.82 Å². The van der Waals surface area contributed by atoms with Crippen LogP contribution in [0.5, 0.6) is 5.75 Å². The number of halogens is 1. The van der Waals surface area contributed by atoms with E-state index < -0.39 is 5.82 Å². The Balaban J connectivity index is 2.51. The smallest absolute Gasteiger partial charge is 0.223 e. The molecule has 0 saturated carbocycles. The van der Waals surface area contributed by atoms with Crippen LogP contribution in [0.25, 0.3) is 0 Å². The van der Waals surface area contributed by atoms with Gasteiger partial charge in [0.1, 0.15) is 0 Å². The molecule has 94 valence electrons. The molecular formula is C12H17FN2O2. The number of rotatable bonds is 6. The van der Waals surface area contributed by atoms with E-state index in [9.17, 15) is 9.18 Å². The van der Waals surface area contributed by atoms with E-state index in [1.54, 1.807) is 19.2 Å². The van der Waals surface area contributed by atoms with Crippen molar-refractivity contribution in [2.45, 2.75) is 12.8 Å². The first kappa shape index (κ1) is 13.4. The third-order valence-corrected chi connectivity index (χ3v) is 2.29. The van der Waals surface area contributed by atoms with Gasteiger partial charge in [0.2, 0.25) is 5.91 Å². The number of nitrogens with two attached hydrogens (primary N) is 1. The second kappa shape index (κ2) is 6.85. The summed E-state index contributed by atoms with van der Waals surface area (Å²) >= 11 is 0. The maximum atomic E-state index is 13.5. The molecule has 0 atom stereocenters. The van der Waals surface area contributed by atoms with Crippen LogP contribution >= 0.6 is 0 Å². The summed E-state index contributed by atoms with van der Waals surface area (Å²) < 4.78 is 18.7. The van der Waals surface area contributed by atoms with Crippen LogP contribution in [0.2, 0.25) is 0 Å². The third-order valence-electron chi connectivity index (χ3n) is 2.29. The zero-order chi connectivity index (χ0) is 12.7. The van der Waals surface area contributed by atoms with Crippen LogP contribution in [0.1, 0.15) is 12.0 Å². The van der Waals surface area contributed by atoms with E-state index in [-0.39, 0.29) is 24.7 Å². The van der Waals surface area contributed by atoms with Crippen molar-refractivity contribution in [2.75, 3.05) is 20.2 Å². The molecule has 1 aromatic carbocycles. The summed E-state index contributed by atoms with van der Waals surface area (Å²) in [6, 6.07) is 4.73. The summed E-state index contributed by atoms with van der Waals surface area (Å²) in [6.07, 6.45) is 0.843. The normalized spacial score (nSPS) is 10.1. The Labute approximate surface area is 100.0 Å². The molecule has 1 amide bonds. The fourth-order valence-electron chi connectivity index (χ4n) is 1.36. The van der Waals surface area contributed by atoms with Crippen LogP contribution in [-0.2, 0) is 11.2 Å². The molecule has 0 aliphatic rings. The average Bonchev–Trinajstić information content (AvgIpc) is 2.32. The molecule has 1 aromatic rings. The van der Waals surface area contributed by atoms with Gasteiger partial charge in [-0.2, -0.15) is 0 Å². The Kier molecular flexibility index (Phi) is 5.42. The van der Waals surface area contributed by atoms with Gasteiger partial charge in [-0.25, -0.2) is 4.39 Å². The molecule has 0 saturated heterocycles. The molecule has 0 heterocycles. The number of nitrogens with one attached hydrogen (secondary N) is 1. The van der Waals surface area contributed by atoms with Gasteiger partial charge in [-0.05, 0) is 30.7 Å². The maximum Gasteiger partial charge on any atom is 0.223 e. The maximum absolute atomic E-state index is 13.5. The molecule has 17 heavy (non-hydrogen) atoms. The van der Waals surface area contributed by atoms with Crippen molar-refractivity contribution in [2.24, 2.45) is 5.73 Å². The number of amides is 1. The Morgan fingerprint density at radius 1 is 1.53 bits per heavy atom. The van der Waals surface area contributed by atoms with Crippen LogP contribution in [-0.4, -0.2) is 26.1 Å². The van der Waals surface area contributed by atoms with Gasteiger partial charge in [0.15, 0.2) is 11.6 Å². The Bertz CT molecular complexity index is 383. The van der Waals surface area contributed by atoms with Crippen molar-refractivity contribution in [3.05, 3.63) is 29.6 Å². The first-order valence-corrected chi connectivity index (χ1v) is 5.49. The minimum absolute atomic E-state index is 0.134. The molecule has 1 rings (SSSR count). The van der Waals surface area contributed by atoms with Gasteiger partial charge in [-0.1, -0.05) is 6.07 Å². The molecule has 0 bridgehead atoms. The Hall–Kier alpha value is -1.62. The number of hydrogen-bond acceptors (Lipinski definition) is 3. The first-order chi connectivity index (χ1) is 8.17. The molecule has 0 aliphatic heterocycles. The topological polar surface area (TPSA) is 64.3 Å². The van der Waals surface area contributed by atoms with E-state index in [1.165, 1.54) is 6.07 Å². The monoisotopic (exact) mass is 240 g/mol. The lowest BCUT2D eigenvalue weighted by molar-refractivity contribution is -0.121. The van der Waals surface area contributed by atoms with Crippen molar-refractivity contribution >= 4 is 5.91 Å². The minimum atomic E-state index is -0.423. The number of ether oxygens (including phenoxy) is 1. The van der Waals surface area contributed by atoms with E-state index in [2.05, 4.69) is 5.32 Å². The molecule has 0 radical (unpaired) electrons. The fourth-order valence-corrected chi connectivity index (χ4v) is 1.36. The van der Waals surface area contributed by atoms with Gasteiger partial charge in [0.25, 0.3) is 0 Å². The predicted octanol–water partition coefficient (Wildman–Crippen LogP) is 0.842. The lowest BCUT2D eigenvalue weighted by Gasteiger charge is -2.08. The standard InChI is InChI=1S/C12H17FN2O2/c1-15-12(16)5-7-17-11-3-2-9(4-6-14)8-10(11)13/h2-3,8H,4-7,14H2,1H3,(H,15,16). The molecule has 0 unspecified atom stereocenters. The van der Waals surface area contributed by atoms with E-state index in [4.69, 9.17) is 10.5 Å². The summed E-state index contributed by atoms with van der Waals surface area (Å²) in [5.74, 6) is -0.396. The van der Waals surface area contributed by atoms with Gasteiger partial charge >= 0.3 is 0 Å².